The molecule has 0 saturated carbocycles. The maximum absolute atomic E-state index is 13.7. The van der Waals surface area contributed by atoms with E-state index >= 15 is 0 Å². The molecule has 3 heterocycles. The summed E-state index contributed by atoms with van der Waals surface area (Å²) in [5.41, 5.74) is 0.631. The van der Waals surface area contributed by atoms with Crippen molar-refractivity contribution < 1.29 is 27.1 Å². The topological polar surface area (TPSA) is 103 Å². The lowest BCUT2D eigenvalue weighted by Gasteiger charge is -2.30. The summed E-state index contributed by atoms with van der Waals surface area (Å²) < 4.78 is 42.0. The molecule has 1 fully saturated rings. The van der Waals surface area contributed by atoms with Crippen molar-refractivity contribution in [1.29, 1.82) is 0 Å². The summed E-state index contributed by atoms with van der Waals surface area (Å²) in [5, 5.41) is 0.621. The first-order chi connectivity index (χ1) is 17.2. The molecule has 5 rings (SSSR count). The molecule has 0 radical (unpaired) electrons. The van der Waals surface area contributed by atoms with Crippen molar-refractivity contribution in [2.75, 3.05) is 25.2 Å². The fraction of sp³-hybridized carbons (Fsp3) is 0.385. The Labute approximate surface area is 213 Å². The van der Waals surface area contributed by atoms with E-state index in [2.05, 4.69) is 6.92 Å². The molecule has 2 atom stereocenters. The van der Waals surface area contributed by atoms with Gasteiger partial charge in [-0.25, -0.2) is 8.42 Å². The Bertz CT molecular complexity index is 1510. The smallest absolute Gasteiger partial charge is 0.291 e. The van der Waals surface area contributed by atoms with Crippen LogP contribution in [-0.4, -0.2) is 50.5 Å². The number of sulfone groups is 1. The fourth-order valence-corrected chi connectivity index (χ4v) is 6.84. The molecule has 2 unspecified atom stereocenters. The number of benzene rings is 2. The first-order valence-electron chi connectivity index (χ1n) is 11.8. The molecule has 0 spiro atoms. The van der Waals surface area contributed by atoms with Crippen molar-refractivity contribution in [3.63, 3.8) is 0 Å². The van der Waals surface area contributed by atoms with E-state index in [-0.39, 0.29) is 45.6 Å². The second kappa shape index (κ2) is 9.44. The van der Waals surface area contributed by atoms with E-state index in [1.165, 1.54) is 18.1 Å². The highest BCUT2D eigenvalue weighted by molar-refractivity contribution is 7.91. The molecule has 1 amide bonds. The fourth-order valence-electron chi connectivity index (χ4n) is 4.96. The lowest BCUT2D eigenvalue weighted by Crippen LogP contribution is -2.40. The Balaban J connectivity index is 1.68. The normalized spacial score (nSPS) is 20.6. The highest BCUT2D eigenvalue weighted by atomic mass is 35.5. The number of carbonyl (C=O) groups is 1. The van der Waals surface area contributed by atoms with Crippen molar-refractivity contribution in [3.8, 4) is 11.5 Å². The maximum atomic E-state index is 13.7. The Morgan fingerprint density at radius 1 is 1.14 bits per heavy atom. The van der Waals surface area contributed by atoms with Crippen molar-refractivity contribution in [3.05, 3.63) is 68.5 Å². The van der Waals surface area contributed by atoms with Crippen LogP contribution in [-0.2, 0) is 9.84 Å². The van der Waals surface area contributed by atoms with Gasteiger partial charge in [-0.1, -0.05) is 31.0 Å². The van der Waals surface area contributed by atoms with E-state index in [1.807, 2.05) is 0 Å². The number of fused-ring (bicyclic) bond motifs is 2. The van der Waals surface area contributed by atoms with E-state index < -0.39 is 27.8 Å². The quantitative estimate of drug-likeness (QED) is 0.417. The maximum Gasteiger partial charge on any atom is 0.291 e. The molecule has 0 aliphatic carbocycles. The van der Waals surface area contributed by atoms with Crippen LogP contribution in [0.15, 0.2) is 45.6 Å². The third kappa shape index (κ3) is 4.24. The summed E-state index contributed by atoms with van der Waals surface area (Å²) in [4.78, 5) is 28.8. The van der Waals surface area contributed by atoms with Crippen LogP contribution in [0.25, 0.3) is 11.0 Å². The number of hydrogen-bond acceptors (Lipinski definition) is 7. The van der Waals surface area contributed by atoms with E-state index in [9.17, 15) is 18.0 Å². The van der Waals surface area contributed by atoms with Crippen LogP contribution >= 0.6 is 11.6 Å². The molecule has 2 aliphatic rings. The molecule has 2 aliphatic heterocycles. The van der Waals surface area contributed by atoms with Gasteiger partial charge in [0.05, 0.1) is 42.2 Å². The number of amides is 1. The Morgan fingerprint density at radius 3 is 2.64 bits per heavy atom. The number of hydrogen-bond donors (Lipinski definition) is 0. The first kappa shape index (κ1) is 24.6. The van der Waals surface area contributed by atoms with Gasteiger partial charge in [0.2, 0.25) is 5.76 Å². The molecule has 2 aromatic carbocycles. The largest absolute Gasteiger partial charge is 0.493 e. The SMILES string of the molecule is CCCCOc1ccc(C2c3c(oc4ccc(Cl)cc4c3=O)C(=O)N2C2CCS(=O)(=O)C2)cc1OC. The van der Waals surface area contributed by atoms with Crippen LogP contribution in [0.2, 0.25) is 5.02 Å². The Hall–Kier alpha value is -3.04. The molecule has 36 heavy (non-hydrogen) atoms. The van der Waals surface area contributed by atoms with Gasteiger partial charge < -0.3 is 18.8 Å². The average Bonchev–Trinajstić information content (AvgIpc) is 3.36. The summed E-state index contributed by atoms with van der Waals surface area (Å²) in [6.07, 6.45) is 2.15. The lowest BCUT2D eigenvalue weighted by atomic mass is 9.97. The van der Waals surface area contributed by atoms with Gasteiger partial charge in [-0.2, -0.15) is 0 Å². The van der Waals surface area contributed by atoms with Gasteiger partial charge in [0.1, 0.15) is 5.58 Å². The minimum atomic E-state index is -3.30. The van der Waals surface area contributed by atoms with Crippen LogP contribution < -0.4 is 14.9 Å². The third-order valence-electron chi connectivity index (χ3n) is 6.73. The monoisotopic (exact) mass is 531 g/mol. The minimum Gasteiger partial charge on any atom is -0.493 e. The van der Waals surface area contributed by atoms with Gasteiger partial charge in [0.15, 0.2) is 26.8 Å². The second-order valence-corrected chi connectivity index (χ2v) is 11.8. The molecule has 3 aromatic rings. The molecule has 10 heteroatoms. The summed E-state index contributed by atoms with van der Waals surface area (Å²) in [6.45, 7) is 2.60. The standard InChI is InChI=1S/C26H26ClNO7S/c1-3-4-10-34-20-7-5-15(12-21(20)33-2)23-22-24(29)18-13-16(27)6-8-19(18)35-25(22)26(30)28(23)17-9-11-36(31,32)14-17/h5-8,12-13,17,23H,3-4,9-11,14H2,1-2H3. The van der Waals surface area contributed by atoms with E-state index in [4.69, 9.17) is 25.5 Å². The lowest BCUT2D eigenvalue weighted by molar-refractivity contribution is 0.0662. The number of ether oxygens (including phenoxy) is 2. The van der Waals surface area contributed by atoms with Crippen LogP contribution in [0.1, 0.15) is 53.9 Å². The zero-order chi connectivity index (χ0) is 25.6. The molecule has 0 N–H and O–H groups in total. The number of halogens is 1. The van der Waals surface area contributed by atoms with E-state index in [0.29, 0.717) is 28.7 Å². The van der Waals surface area contributed by atoms with Crippen molar-refractivity contribution >= 4 is 38.3 Å². The third-order valence-corrected chi connectivity index (χ3v) is 8.71. The predicted octanol–water partition coefficient (Wildman–Crippen LogP) is 4.37. The molecule has 8 nitrogen and oxygen atoms in total. The highest BCUT2D eigenvalue weighted by Crippen LogP contribution is 2.43. The predicted molar refractivity (Wildman–Crippen MR) is 136 cm³/mol. The molecule has 190 valence electrons. The van der Waals surface area contributed by atoms with Gasteiger partial charge in [-0.15, -0.1) is 0 Å². The number of nitrogens with zero attached hydrogens (tertiary/aromatic N) is 1. The van der Waals surface area contributed by atoms with Gasteiger partial charge in [-0.05, 0) is 48.7 Å². The van der Waals surface area contributed by atoms with Crippen LogP contribution in [0, 0.1) is 0 Å². The van der Waals surface area contributed by atoms with Crippen molar-refractivity contribution in [2.45, 2.75) is 38.3 Å². The number of unbranched alkanes of at least 4 members (excludes halogenated alkanes) is 1. The molecular formula is C26H26ClNO7S. The summed E-state index contributed by atoms with van der Waals surface area (Å²) >= 11 is 6.14. The van der Waals surface area contributed by atoms with Gasteiger partial charge in [-0.3, -0.25) is 9.59 Å². The van der Waals surface area contributed by atoms with E-state index in [0.717, 1.165) is 12.8 Å². The zero-order valence-electron chi connectivity index (χ0n) is 20.0. The van der Waals surface area contributed by atoms with Gasteiger partial charge in [0.25, 0.3) is 5.91 Å². The summed E-state index contributed by atoms with van der Waals surface area (Å²) in [7, 11) is -1.78. The number of methoxy groups -OCH3 is 1. The molecular weight excluding hydrogens is 506 g/mol. The van der Waals surface area contributed by atoms with Crippen molar-refractivity contribution in [2.24, 2.45) is 0 Å². The van der Waals surface area contributed by atoms with Crippen LogP contribution in [0.3, 0.4) is 0 Å². The Morgan fingerprint density at radius 2 is 1.94 bits per heavy atom. The summed E-state index contributed by atoms with van der Waals surface area (Å²) in [6, 6.07) is 8.46. The van der Waals surface area contributed by atoms with Crippen molar-refractivity contribution in [1.82, 2.24) is 4.90 Å². The molecule has 0 bridgehead atoms. The minimum absolute atomic E-state index is 0.0169. The van der Waals surface area contributed by atoms with Gasteiger partial charge in [0, 0.05) is 11.1 Å². The number of rotatable bonds is 7. The van der Waals surface area contributed by atoms with Gasteiger partial charge >= 0.3 is 0 Å². The second-order valence-electron chi connectivity index (χ2n) is 9.10. The molecule has 1 saturated heterocycles. The number of carbonyl (C=O) groups excluding carboxylic acids is 1. The Kier molecular flexibility index (Phi) is 6.46. The molecule has 1 aromatic heterocycles. The van der Waals surface area contributed by atoms with Crippen LogP contribution in [0.4, 0.5) is 0 Å². The van der Waals surface area contributed by atoms with Crippen LogP contribution in [0.5, 0.6) is 11.5 Å². The highest BCUT2D eigenvalue weighted by Gasteiger charge is 2.48. The van der Waals surface area contributed by atoms with E-state index in [1.54, 1.807) is 30.3 Å². The average molecular weight is 532 g/mol. The summed E-state index contributed by atoms with van der Waals surface area (Å²) in [5.74, 6) is 0.234. The zero-order valence-corrected chi connectivity index (χ0v) is 21.5. The first-order valence-corrected chi connectivity index (χ1v) is 14.0.